The predicted octanol–water partition coefficient (Wildman–Crippen LogP) is 5.62. The molecule has 1 aliphatic heterocycles. The number of aromatic nitrogens is 2. The van der Waals surface area contributed by atoms with Crippen molar-refractivity contribution in [2.45, 2.75) is 38.0 Å². The molecule has 0 saturated heterocycles. The highest BCUT2D eigenvalue weighted by molar-refractivity contribution is 6.05. The van der Waals surface area contributed by atoms with Gasteiger partial charge >= 0.3 is 6.18 Å². The van der Waals surface area contributed by atoms with E-state index in [4.69, 9.17) is 5.10 Å². The first kappa shape index (κ1) is 35.0. The van der Waals surface area contributed by atoms with Crippen molar-refractivity contribution in [3.8, 4) is 5.69 Å². The molecular weight excluding hydrogens is 640 g/mol. The molecule has 0 saturated carbocycles. The molecule has 1 aliphatic rings. The Morgan fingerprint density at radius 1 is 1.02 bits per heavy atom. The number of amides is 3. The average Bonchev–Trinajstić information content (AvgIpc) is 3.45. The molecule has 0 unspecified atom stereocenters. The van der Waals surface area contributed by atoms with Crippen molar-refractivity contribution >= 4 is 23.5 Å². The van der Waals surface area contributed by atoms with Crippen LogP contribution in [-0.2, 0) is 15.8 Å². The molecule has 0 bridgehead atoms. The second-order valence-electron chi connectivity index (χ2n) is 12.0. The third kappa shape index (κ3) is 7.26. The van der Waals surface area contributed by atoms with Crippen molar-refractivity contribution in [2.75, 3.05) is 32.1 Å². The van der Waals surface area contributed by atoms with Gasteiger partial charge in [-0.15, -0.1) is 0 Å². The number of nitrogens with zero attached hydrogens (tertiary/aromatic N) is 4. The summed E-state index contributed by atoms with van der Waals surface area (Å²) in [4.78, 5) is 44.5. The number of anilines is 1. The van der Waals surface area contributed by atoms with Gasteiger partial charge in [-0.3, -0.25) is 19.3 Å². The van der Waals surface area contributed by atoms with Crippen molar-refractivity contribution in [1.29, 1.82) is 0 Å². The van der Waals surface area contributed by atoms with Crippen LogP contribution >= 0.6 is 0 Å². The fraction of sp³-hybridized carbons (Fsp3) is 0.278. The molecular formula is C36H36F4N6O3. The molecule has 0 radical (unpaired) electrons. The Hall–Kier alpha value is -5.30. The first-order valence-electron chi connectivity index (χ1n) is 15.6. The summed E-state index contributed by atoms with van der Waals surface area (Å²) in [6.07, 6.45) is -4.69. The van der Waals surface area contributed by atoms with E-state index in [2.05, 4.69) is 17.2 Å². The van der Waals surface area contributed by atoms with Crippen LogP contribution < -0.4 is 15.5 Å². The standard InChI is InChI=1S/C36H36F4N6O3/c1-6-45-34-29(30(43-46(34)27-13-8-7-9-14-27)22(3)41-32(47)21(2)20-44(4)5)28(23-15-17-26(37)18-16-23)31(35(45)49)42-33(48)24-11-10-12-25(19-24)36(38,39)40/h7-19,22,28,31H,2,6,20H2,1,3-5H3,(H,41,47)(H,42,48)/t22-,28+,31+/m1/s1. The highest BCUT2D eigenvalue weighted by Gasteiger charge is 2.47. The molecule has 3 aromatic carbocycles. The minimum Gasteiger partial charge on any atom is -0.344 e. The number of carbonyl (C=O) groups excluding carboxylic acids is 3. The van der Waals surface area contributed by atoms with Crippen LogP contribution in [0.25, 0.3) is 5.69 Å². The number of halogens is 4. The third-order valence-electron chi connectivity index (χ3n) is 8.23. The Labute approximate surface area is 281 Å². The van der Waals surface area contributed by atoms with E-state index in [9.17, 15) is 31.9 Å². The number of rotatable bonds is 10. The number of fused-ring (bicyclic) bond motifs is 1. The van der Waals surface area contributed by atoms with Gasteiger partial charge in [0.1, 0.15) is 17.7 Å². The zero-order chi connectivity index (χ0) is 35.6. The SMILES string of the molecule is C=C(CN(C)C)C(=O)N[C@H](C)c1nn(-c2ccccc2)c2c1[C@H](c1ccc(F)cc1)[C@H](NC(=O)c1cccc(C(F)(F)F)c1)C(=O)N2CC. The Kier molecular flexibility index (Phi) is 10.0. The number of hydrogen-bond acceptors (Lipinski definition) is 5. The molecule has 3 atom stereocenters. The van der Waals surface area contributed by atoms with Gasteiger partial charge in [-0.2, -0.15) is 18.3 Å². The van der Waals surface area contributed by atoms with Crippen LogP contribution in [0.4, 0.5) is 23.4 Å². The van der Waals surface area contributed by atoms with E-state index in [1.807, 2.05) is 6.07 Å². The molecule has 256 valence electrons. The largest absolute Gasteiger partial charge is 0.416 e. The van der Waals surface area contributed by atoms with Gasteiger partial charge < -0.3 is 15.5 Å². The van der Waals surface area contributed by atoms with Gasteiger partial charge in [-0.25, -0.2) is 9.07 Å². The van der Waals surface area contributed by atoms with Crippen LogP contribution in [0.1, 0.15) is 58.5 Å². The molecule has 1 aromatic heterocycles. The van der Waals surface area contributed by atoms with Gasteiger partial charge in [-0.1, -0.05) is 43.0 Å². The minimum atomic E-state index is -4.69. The lowest BCUT2D eigenvalue weighted by atomic mass is 9.80. The summed E-state index contributed by atoms with van der Waals surface area (Å²) < 4.78 is 56.4. The van der Waals surface area contributed by atoms with Crippen LogP contribution in [0.2, 0.25) is 0 Å². The van der Waals surface area contributed by atoms with Crippen LogP contribution in [0, 0.1) is 5.82 Å². The second-order valence-corrected chi connectivity index (χ2v) is 12.0. The van der Waals surface area contributed by atoms with Gasteiger partial charge in [-0.05, 0) is 76.0 Å². The minimum absolute atomic E-state index is 0.135. The normalized spacial score (nSPS) is 16.7. The van der Waals surface area contributed by atoms with E-state index in [1.165, 1.54) is 35.2 Å². The molecule has 0 fully saturated rings. The lowest BCUT2D eigenvalue weighted by molar-refractivity contribution is -0.137. The molecule has 3 amide bonds. The summed E-state index contributed by atoms with van der Waals surface area (Å²) >= 11 is 0. The Balaban J connectivity index is 1.70. The van der Waals surface area contributed by atoms with Crippen molar-refractivity contribution in [2.24, 2.45) is 0 Å². The number of hydrogen-bond donors (Lipinski definition) is 2. The summed E-state index contributed by atoms with van der Waals surface area (Å²) in [6, 6.07) is 16.2. The monoisotopic (exact) mass is 676 g/mol. The average molecular weight is 677 g/mol. The van der Waals surface area contributed by atoms with Gasteiger partial charge in [0.2, 0.25) is 5.91 Å². The van der Waals surface area contributed by atoms with E-state index in [-0.39, 0.29) is 12.1 Å². The molecule has 0 spiro atoms. The first-order chi connectivity index (χ1) is 23.2. The summed E-state index contributed by atoms with van der Waals surface area (Å²) in [7, 11) is 3.61. The van der Waals surface area contributed by atoms with Gasteiger partial charge in [0.05, 0.1) is 23.0 Å². The van der Waals surface area contributed by atoms with Gasteiger partial charge in [0.15, 0.2) is 0 Å². The lowest BCUT2D eigenvalue weighted by Crippen LogP contribution is -2.55. The third-order valence-corrected chi connectivity index (χ3v) is 8.23. The molecule has 9 nitrogen and oxygen atoms in total. The number of benzene rings is 3. The highest BCUT2D eigenvalue weighted by atomic mass is 19.4. The number of nitrogens with one attached hydrogen (secondary N) is 2. The van der Waals surface area contributed by atoms with Crippen LogP contribution in [0.3, 0.4) is 0 Å². The zero-order valence-electron chi connectivity index (χ0n) is 27.4. The van der Waals surface area contributed by atoms with Crippen molar-refractivity contribution in [3.05, 3.63) is 125 Å². The second kappa shape index (κ2) is 14.0. The molecule has 4 aromatic rings. The Morgan fingerprint density at radius 3 is 2.31 bits per heavy atom. The number of carbonyl (C=O) groups is 3. The first-order valence-corrected chi connectivity index (χ1v) is 15.6. The Morgan fingerprint density at radius 2 is 1.69 bits per heavy atom. The maximum atomic E-state index is 14.4. The zero-order valence-corrected chi connectivity index (χ0v) is 27.4. The van der Waals surface area contributed by atoms with Gasteiger partial charge in [0, 0.05) is 35.7 Å². The summed E-state index contributed by atoms with van der Waals surface area (Å²) in [5.41, 5.74) is 0.867. The maximum absolute atomic E-state index is 14.4. The molecule has 5 rings (SSSR count). The van der Waals surface area contributed by atoms with E-state index >= 15 is 0 Å². The van der Waals surface area contributed by atoms with Crippen molar-refractivity contribution in [1.82, 2.24) is 25.3 Å². The quantitative estimate of drug-likeness (QED) is 0.168. The smallest absolute Gasteiger partial charge is 0.344 e. The topological polar surface area (TPSA) is 99.6 Å². The molecule has 49 heavy (non-hydrogen) atoms. The number of likely N-dealkylation sites (N-methyl/N-ethyl adjacent to an activating group) is 2. The van der Waals surface area contributed by atoms with E-state index in [1.54, 1.807) is 61.8 Å². The molecule has 2 heterocycles. The summed E-state index contributed by atoms with van der Waals surface area (Å²) in [6.45, 7) is 7.80. The molecule has 13 heteroatoms. The predicted molar refractivity (Wildman–Crippen MR) is 177 cm³/mol. The maximum Gasteiger partial charge on any atom is 0.416 e. The lowest BCUT2D eigenvalue weighted by Gasteiger charge is -2.39. The van der Waals surface area contributed by atoms with Crippen molar-refractivity contribution < 1.29 is 31.9 Å². The van der Waals surface area contributed by atoms with Gasteiger partial charge in [0.25, 0.3) is 11.8 Å². The summed E-state index contributed by atoms with van der Waals surface area (Å²) in [5.74, 6) is -3.03. The highest BCUT2D eigenvalue weighted by Crippen LogP contribution is 2.45. The van der Waals surface area contributed by atoms with E-state index < -0.39 is 53.3 Å². The van der Waals surface area contributed by atoms with Crippen LogP contribution in [0.15, 0.2) is 91.0 Å². The fourth-order valence-electron chi connectivity index (χ4n) is 6.01. The fourth-order valence-corrected chi connectivity index (χ4v) is 6.01. The van der Waals surface area contributed by atoms with E-state index in [0.717, 1.165) is 18.2 Å². The number of alkyl halides is 3. The van der Waals surface area contributed by atoms with E-state index in [0.29, 0.717) is 40.4 Å². The summed E-state index contributed by atoms with van der Waals surface area (Å²) in [5, 5.41) is 10.6. The van der Waals surface area contributed by atoms with Crippen LogP contribution in [0.5, 0.6) is 0 Å². The number of para-hydroxylation sites is 1. The Bertz CT molecular complexity index is 1870. The molecule has 0 aliphatic carbocycles. The van der Waals surface area contributed by atoms with Crippen molar-refractivity contribution in [3.63, 3.8) is 0 Å². The molecule has 2 N–H and O–H groups in total. The van der Waals surface area contributed by atoms with Crippen LogP contribution in [-0.4, -0.2) is 65.6 Å².